The fourth-order valence-electron chi connectivity index (χ4n) is 1.64. The van der Waals surface area contributed by atoms with Crippen molar-refractivity contribution in [3.63, 3.8) is 0 Å². The molecule has 2 rings (SSSR count). The number of anilines is 1. The Bertz CT molecular complexity index is 670. The van der Waals surface area contributed by atoms with E-state index in [1.807, 2.05) is 10.9 Å². The molecule has 1 aliphatic rings. The lowest BCUT2D eigenvalue weighted by Gasteiger charge is -2.20. The van der Waals surface area contributed by atoms with Gasteiger partial charge in [0, 0.05) is 10.7 Å². The van der Waals surface area contributed by atoms with E-state index in [4.69, 9.17) is 11.6 Å². The quantitative estimate of drug-likeness (QED) is 0.363. The molecule has 120 valence electrons. The molecule has 0 radical (unpaired) electrons. The number of hydrogen-bond acceptors (Lipinski definition) is 5. The van der Waals surface area contributed by atoms with E-state index in [1.165, 1.54) is 12.1 Å². The van der Waals surface area contributed by atoms with Crippen LogP contribution in [0.5, 0.6) is 0 Å². The lowest BCUT2D eigenvalue weighted by Crippen LogP contribution is -2.61. The number of hydrogen-bond donors (Lipinski definition) is 5. The van der Waals surface area contributed by atoms with Gasteiger partial charge < -0.3 is 5.32 Å². The van der Waals surface area contributed by atoms with Crippen molar-refractivity contribution in [2.24, 2.45) is 5.92 Å². The zero-order valence-electron chi connectivity index (χ0n) is 11.3. The van der Waals surface area contributed by atoms with Gasteiger partial charge in [0.05, 0.1) is 0 Å². The number of urea groups is 2. The molecular formula is C12H10ClN5O5. The van der Waals surface area contributed by atoms with E-state index in [-0.39, 0.29) is 0 Å². The maximum absolute atomic E-state index is 11.7. The zero-order chi connectivity index (χ0) is 17.0. The first-order valence-electron chi connectivity index (χ1n) is 6.15. The molecule has 7 amide bonds. The maximum Gasteiger partial charge on any atom is 0.337 e. The smallest absolute Gasteiger partial charge is 0.307 e. The molecule has 1 heterocycles. The van der Waals surface area contributed by atoms with Crippen LogP contribution in [0.4, 0.5) is 15.3 Å². The highest BCUT2D eigenvalue weighted by Gasteiger charge is 2.40. The normalized spacial score (nSPS) is 14.6. The van der Waals surface area contributed by atoms with Crippen molar-refractivity contribution >= 4 is 47.1 Å². The van der Waals surface area contributed by atoms with Crippen LogP contribution in [0.2, 0.25) is 5.02 Å². The summed E-state index contributed by atoms with van der Waals surface area (Å²) in [5, 5.41) is 6.38. The van der Waals surface area contributed by atoms with Crippen molar-refractivity contribution < 1.29 is 24.0 Å². The number of amides is 7. The number of carbonyl (C=O) groups excluding carboxylic acids is 5. The fourth-order valence-corrected chi connectivity index (χ4v) is 1.77. The lowest BCUT2D eigenvalue weighted by atomic mass is 10.1. The highest BCUT2D eigenvalue weighted by Crippen LogP contribution is 2.12. The first-order chi connectivity index (χ1) is 10.9. The average Bonchev–Trinajstić information content (AvgIpc) is 2.46. The van der Waals surface area contributed by atoms with E-state index >= 15 is 0 Å². The number of benzene rings is 1. The van der Waals surface area contributed by atoms with Crippen LogP contribution in [-0.4, -0.2) is 29.8 Å². The van der Waals surface area contributed by atoms with Crippen LogP contribution in [0.15, 0.2) is 24.3 Å². The maximum atomic E-state index is 11.7. The third-order valence-corrected chi connectivity index (χ3v) is 2.91. The summed E-state index contributed by atoms with van der Waals surface area (Å²) >= 11 is 5.69. The van der Waals surface area contributed by atoms with Gasteiger partial charge in [0.25, 0.3) is 5.91 Å². The van der Waals surface area contributed by atoms with Gasteiger partial charge in [-0.25, -0.2) is 15.0 Å². The van der Waals surface area contributed by atoms with Crippen LogP contribution in [0, 0.1) is 5.92 Å². The first-order valence-corrected chi connectivity index (χ1v) is 6.52. The summed E-state index contributed by atoms with van der Waals surface area (Å²) in [7, 11) is 0. The number of nitrogens with one attached hydrogen (secondary N) is 5. The molecule has 0 bridgehead atoms. The number of hydrazine groups is 1. The Balaban J connectivity index is 1.87. The standard InChI is InChI=1S/C12H10ClN5O5/c13-5-1-3-6(4-2-5)14-12(23)18-17-10(21)7-8(19)15-11(22)16-9(7)20/h1-4,7H,(H,17,21)(H2,14,18,23)(H2,15,16,19,20,22). The minimum absolute atomic E-state index is 0.403. The van der Waals surface area contributed by atoms with Crippen LogP contribution in [-0.2, 0) is 14.4 Å². The van der Waals surface area contributed by atoms with Gasteiger partial charge in [-0.3, -0.25) is 30.4 Å². The number of halogens is 1. The molecule has 1 aromatic carbocycles. The zero-order valence-corrected chi connectivity index (χ0v) is 12.1. The summed E-state index contributed by atoms with van der Waals surface area (Å²) < 4.78 is 0. The summed E-state index contributed by atoms with van der Waals surface area (Å²) in [6.45, 7) is 0. The third kappa shape index (κ3) is 4.17. The van der Waals surface area contributed by atoms with Gasteiger partial charge in [0.1, 0.15) is 0 Å². The van der Waals surface area contributed by atoms with Crippen molar-refractivity contribution in [2.45, 2.75) is 0 Å². The Morgan fingerprint density at radius 1 is 0.957 bits per heavy atom. The molecule has 0 atom stereocenters. The van der Waals surface area contributed by atoms with Crippen molar-refractivity contribution in [1.29, 1.82) is 0 Å². The van der Waals surface area contributed by atoms with Crippen LogP contribution >= 0.6 is 11.6 Å². The summed E-state index contributed by atoms with van der Waals surface area (Å²) in [5.41, 5.74) is 4.27. The molecule has 0 saturated carbocycles. The number of carbonyl (C=O) groups is 5. The monoisotopic (exact) mass is 339 g/mol. The predicted molar refractivity (Wildman–Crippen MR) is 76.9 cm³/mol. The molecule has 0 unspecified atom stereocenters. The SMILES string of the molecule is O=C1NC(=O)C(C(=O)NNC(=O)Nc2ccc(Cl)cc2)C(=O)N1. The molecule has 0 aromatic heterocycles. The highest BCUT2D eigenvalue weighted by atomic mass is 35.5. The fraction of sp³-hybridized carbons (Fsp3) is 0.0833. The minimum Gasteiger partial charge on any atom is -0.307 e. The van der Waals surface area contributed by atoms with Crippen LogP contribution in [0.25, 0.3) is 0 Å². The summed E-state index contributed by atoms with van der Waals surface area (Å²) in [6.07, 6.45) is 0. The van der Waals surface area contributed by atoms with E-state index in [1.54, 1.807) is 22.8 Å². The van der Waals surface area contributed by atoms with Crippen molar-refractivity contribution in [1.82, 2.24) is 21.5 Å². The second-order valence-corrected chi connectivity index (χ2v) is 4.75. The Kier molecular flexibility index (Phi) is 4.76. The van der Waals surface area contributed by atoms with Crippen molar-refractivity contribution in [3.8, 4) is 0 Å². The van der Waals surface area contributed by atoms with Crippen LogP contribution in [0.1, 0.15) is 0 Å². The molecule has 1 saturated heterocycles. The summed E-state index contributed by atoms with van der Waals surface area (Å²) in [5.74, 6) is -5.06. The Labute approximate surface area is 133 Å². The third-order valence-electron chi connectivity index (χ3n) is 2.66. The molecule has 11 heteroatoms. The van der Waals surface area contributed by atoms with Gasteiger partial charge in [-0.1, -0.05) is 11.6 Å². The molecule has 1 fully saturated rings. The van der Waals surface area contributed by atoms with Gasteiger partial charge in [-0.15, -0.1) is 0 Å². The number of imide groups is 2. The van der Waals surface area contributed by atoms with Gasteiger partial charge in [-0.2, -0.15) is 0 Å². The summed E-state index contributed by atoms with van der Waals surface area (Å²) in [4.78, 5) is 57.0. The molecule has 5 N–H and O–H groups in total. The van der Waals surface area contributed by atoms with Gasteiger partial charge in [0.2, 0.25) is 11.8 Å². The molecular weight excluding hydrogens is 330 g/mol. The highest BCUT2D eigenvalue weighted by molar-refractivity contribution is 6.30. The van der Waals surface area contributed by atoms with E-state index < -0.39 is 35.7 Å². The van der Waals surface area contributed by atoms with Crippen molar-refractivity contribution in [3.05, 3.63) is 29.3 Å². The van der Waals surface area contributed by atoms with Crippen molar-refractivity contribution in [2.75, 3.05) is 5.32 Å². The van der Waals surface area contributed by atoms with Crippen LogP contribution < -0.4 is 26.8 Å². The Hall–Kier alpha value is -3.14. The Morgan fingerprint density at radius 3 is 2.09 bits per heavy atom. The number of barbiturate groups is 1. The largest absolute Gasteiger partial charge is 0.337 e. The van der Waals surface area contributed by atoms with Gasteiger partial charge in [0.15, 0.2) is 5.92 Å². The summed E-state index contributed by atoms with van der Waals surface area (Å²) in [6, 6.07) is 4.31. The minimum atomic E-state index is -1.79. The lowest BCUT2D eigenvalue weighted by molar-refractivity contribution is -0.143. The Morgan fingerprint density at radius 2 is 1.52 bits per heavy atom. The van der Waals surface area contributed by atoms with E-state index in [2.05, 4.69) is 5.32 Å². The molecule has 0 aliphatic carbocycles. The second-order valence-electron chi connectivity index (χ2n) is 4.32. The second kappa shape index (κ2) is 6.75. The van der Waals surface area contributed by atoms with E-state index in [0.29, 0.717) is 10.7 Å². The molecule has 1 aromatic rings. The molecule has 23 heavy (non-hydrogen) atoms. The predicted octanol–water partition coefficient (Wildman–Crippen LogP) is -0.525. The van der Waals surface area contributed by atoms with Gasteiger partial charge in [-0.05, 0) is 24.3 Å². The molecule has 1 aliphatic heterocycles. The van der Waals surface area contributed by atoms with E-state index in [9.17, 15) is 24.0 Å². The molecule has 0 spiro atoms. The van der Waals surface area contributed by atoms with E-state index in [0.717, 1.165) is 0 Å². The van der Waals surface area contributed by atoms with Gasteiger partial charge >= 0.3 is 12.1 Å². The average molecular weight is 340 g/mol. The van der Waals surface area contributed by atoms with Crippen LogP contribution in [0.3, 0.4) is 0 Å². The topological polar surface area (TPSA) is 146 Å². The molecule has 10 nitrogen and oxygen atoms in total. The number of rotatable bonds is 2. The first kappa shape index (κ1) is 16.2.